The molecule has 6 aliphatic heterocycles. The van der Waals surface area contributed by atoms with E-state index < -0.39 is 131 Å². The van der Waals surface area contributed by atoms with Gasteiger partial charge in [0.25, 0.3) is 0 Å². The zero-order chi connectivity index (χ0) is 76.6. The number of ketones is 1. The molecule has 6 heterocycles. The van der Waals surface area contributed by atoms with Gasteiger partial charge in [-0.3, -0.25) is 4.79 Å². The molecule has 586 valence electrons. The smallest absolute Gasteiger partial charge is 0.193 e. The fourth-order valence-corrected chi connectivity index (χ4v) is 21.6. The van der Waals surface area contributed by atoms with Crippen molar-refractivity contribution in [3.63, 3.8) is 0 Å². The first kappa shape index (κ1) is 88.6. The van der Waals surface area contributed by atoms with Crippen molar-refractivity contribution in [3.05, 3.63) is 63.8 Å². The largest absolute Gasteiger partial charge is 0.414 e. The van der Waals surface area contributed by atoms with E-state index in [9.17, 15) is 8.42 Å². The normalized spacial score (nSPS) is 30.6. The highest BCUT2D eigenvalue weighted by Crippen LogP contribution is 2.51. The lowest BCUT2D eigenvalue weighted by Gasteiger charge is -2.56. The van der Waals surface area contributed by atoms with E-state index in [1.165, 1.54) is 0 Å². The molecule has 6 fully saturated rings. The summed E-state index contributed by atoms with van der Waals surface area (Å²) >= 11 is 2.30. The Bertz CT molecular complexity index is 3070. The van der Waals surface area contributed by atoms with Crippen LogP contribution in [-0.2, 0) is 75.5 Å². The van der Waals surface area contributed by atoms with Crippen molar-refractivity contribution in [2.24, 2.45) is 11.8 Å². The van der Waals surface area contributed by atoms with Gasteiger partial charge in [-0.25, -0.2) is 8.42 Å². The first-order valence-corrected chi connectivity index (χ1v) is 55.5. The molecule has 0 radical (unpaired) electrons. The molecule has 6 aliphatic rings. The summed E-state index contributed by atoms with van der Waals surface area (Å²) in [7, 11) is -13.9. The van der Waals surface area contributed by atoms with Gasteiger partial charge in [-0.05, 0) is 181 Å². The number of rotatable bonds is 30. The van der Waals surface area contributed by atoms with E-state index in [2.05, 4.69) is 211 Å². The van der Waals surface area contributed by atoms with E-state index in [4.69, 9.17) is 66.6 Å². The third-order valence-electron chi connectivity index (χ3n) is 25.9. The maximum Gasteiger partial charge on any atom is 0.193 e. The molecule has 1 aromatic carbocycles. The van der Waals surface area contributed by atoms with Gasteiger partial charge in [0.05, 0.1) is 97.8 Å². The Kier molecular flexibility index (Phi) is 30.0. The lowest BCUT2D eigenvalue weighted by molar-refractivity contribution is -0.268. The van der Waals surface area contributed by atoms with Crippen molar-refractivity contribution < 1.29 is 73.2 Å². The topological polar surface area (TPSA) is 171 Å². The van der Waals surface area contributed by atoms with E-state index >= 15 is 4.79 Å². The number of hydrogen-bond donors (Lipinski definition) is 1. The number of Topliss-reactive ketones (excluding diaryl/α,β-unsaturated/α-hetero) is 1. The molecule has 102 heavy (non-hydrogen) atoms. The van der Waals surface area contributed by atoms with Crippen LogP contribution < -0.4 is 0 Å². The van der Waals surface area contributed by atoms with Crippen molar-refractivity contribution in [1.29, 1.82) is 0 Å². The number of benzene rings is 1. The van der Waals surface area contributed by atoms with Gasteiger partial charge in [0, 0.05) is 38.7 Å². The SMILES string of the molecule is C=C1C[C@H](CCC2OCCO2)O[C@H]1CC[C@H]1C[C@@H](C)C(=C)[C@@H](C[C@@H]2O[C@H](C[C@@H](CO[Si](C)(C)C(C)(C)C)O[Si](C)(C)C(C)(C)C)[C@H](OC)[C@H]2CC(=O)C(c2cc(C)ccc2[SH](=O)=O)[C@H]2CC[C@@H]3O[C@@H](C(/C=C/I)O[Si](C)(C)C(C)(C)C)C(O[Si](C)(C)C(C)(C)C)C(O[Si](C)(C)C(C)(C)C)[C@H]3O2)O1. The van der Waals surface area contributed by atoms with Crippen LogP contribution in [0.4, 0.5) is 0 Å². The fourth-order valence-electron chi connectivity index (χ4n) is 14.3. The lowest BCUT2D eigenvalue weighted by Crippen LogP contribution is -2.69. The second-order valence-corrected chi connectivity index (χ2v) is 64.2. The van der Waals surface area contributed by atoms with Gasteiger partial charge in [0.2, 0.25) is 0 Å². The van der Waals surface area contributed by atoms with Crippen LogP contribution in [0.2, 0.25) is 90.7 Å². The summed E-state index contributed by atoms with van der Waals surface area (Å²) in [5.74, 6) is -1.57. The van der Waals surface area contributed by atoms with Crippen LogP contribution in [0.5, 0.6) is 0 Å². The molecule has 0 amide bonds. The molecule has 1 aromatic rings. The van der Waals surface area contributed by atoms with E-state index in [0.717, 1.165) is 55.2 Å². The number of methoxy groups -OCH3 is 1. The highest BCUT2D eigenvalue weighted by molar-refractivity contribution is 14.1. The monoisotopic (exact) mass is 1640 g/mol. The number of hydrogen-bond acceptors (Lipinski definition) is 16. The third-order valence-corrected chi connectivity index (χ3v) is 49.6. The van der Waals surface area contributed by atoms with Crippen molar-refractivity contribution in [3.8, 4) is 0 Å². The van der Waals surface area contributed by atoms with Gasteiger partial charge < -0.3 is 60.0 Å². The molecule has 16 nitrogen and oxygen atoms in total. The second-order valence-electron chi connectivity index (χ2n) is 38.7. The minimum Gasteiger partial charge on any atom is -0.414 e. The molecule has 0 saturated carbocycles. The minimum atomic E-state index is -3.17. The minimum absolute atomic E-state index is 0.0102. The maximum atomic E-state index is 16.8. The second kappa shape index (κ2) is 34.5. The summed E-state index contributed by atoms with van der Waals surface area (Å²) in [5, 5.41) is -0.670. The Labute approximate surface area is 639 Å². The van der Waals surface area contributed by atoms with E-state index in [0.29, 0.717) is 51.1 Å². The Balaban J connectivity index is 1.32. The molecule has 7 rings (SSSR count). The number of carbonyl (C=O) groups is 1. The van der Waals surface area contributed by atoms with Gasteiger partial charge >= 0.3 is 0 Å². The molecule has 0 aromatic heterocycles. The first-order valence-electron chi connectivity index (χ1n) is 38.5. The molecule has 0 bridgehead atoms. The fraction of sp³-hybridized carbons (Fsp3) is 0.835. The van der Waals surface area contributed by atoms with Gasteiger partial charge in [-0.15, -0.1) is 0 Å². The molecule has 0 N–H and O–H groups in total. The van der Waals surface area contributed by atoms with Gasteiger partial charge in [-0.1, -0.05) is 164 Å². The average molecular weight is 1650 g/mol. The number of carbonyl (C=O) groups excluding carboxylic acids is 1. The standard InChI is InChI=1S/C79H141IO16SSi5/c1-50-31-37-67(97(82)83)58(43-50)69(61-35-36-62-71(91-61)73(95-101(27,28)78(14,15)16)74(96-102(29,30)79(17,18)19)72(92-62)63(39-40-80)94-100(25,26)77(11,12)13)59(81)47-57-65(90-66(70(57)84-20)46-56(93-99(23,24)76(8,9)10)49-87-98(21,22)75(5,6)7)48-64-53(4)51(2)44-54(89-64)32-34-60-52(3)45-55(88-60)33-38-68-85-41-42-86-68/h31,37,39-40,43,51,54-57,60-66,68-74,97H,3-4,32-36,38,41-42,44-49H2,1-2,5-30H3/b40-39+/t51-,54+,55+,56+,57+,60+,61-,62+,63?,64-,65+,66-,69?,70-,71+,72+,73?,74?/m1/s1. The van der Waals surface area contributed by atoms with Crippen molar-refractivity contribution in [2.45, 2.75) is 388 Å². The van der Waals surface area contributed by atoms with Crippen molar-refractivity contribution in [2.75, 3.05) is 26.9 Å². The summed E-state index contributed by atoms with van der Waals surface area (Å²) in [4.78, 5) is 16.9. The Morgan fingerprint density at radius 2 is 1.23 bits per heavy atom. The van der Waals surface area contributed by atoms with Crippen molar-refractivity contribution >= 4 is 80.7 Å². The van der Waals surface area contributed by atoms with Crippen LogP contribution in [0.1, 0.15) is 198 Å². The molecular weight excluding hydrogens is 1500 g/mol. The van der Waals surface area contributed by atoms with Gasteiger partial charge in [-0.2, -0.15) is 0 Å². The predicted molar refractivity (Wildman–Crippen MR) is 434 cm³/mol. The van der Waals surface area contributed by atoms with Gasteiger partial charge in [0.1, 0.15) is 30.2 Å². The molecule has 23 heteroatoms. The molecule has 0 aliphatic carbocycles. The number of aryl methyl sites for hydroxylation is 1. The summed E-state index contributed by atoms with van der Waals surface area (Å²) in [6, 6.07) is 5.34. The Morgan fingerprint density at radius 1 is 0.667 bits per heavy atom. The summed E-state index contributed by atoms with van der Waals surface area (Å²) in [5.41, 5.74) is 3.36. The molecule has 6 saturated heterocycles. The zero-order valence-electron chi connectivity index (χ0n) is 68.5. The molecule has 18 atom stereocenters. The van der Waals surface area contributed by atoms with E-state index in [-0.39, 0.29) is 78.9 Å². The molecular formula is C79H141IO16SSi5. The number of halogens is 1. The van der Waals surface area contributed by atoms with Crippen LogP contribution >= 0.6 is 22.6 Å². The number of fused-ring (bicyclic) bond motifs is 1. The first-order chi connectivity index (χ1) is 46.7. The van der Waals surface area contributed by atoms with Crippen molar-refractivity contribution in [1.82, 2.24) is 0 Å². The van der Waals surface area contributed by atoms with E-state index in [1.807, 2.05) is 23.1 Å². The van der Waals surface area contributed by atoms with Crippen LogP contribution in [-0.4, -0.2) is 181 Å². The van der Waals surface area contributed by atoms with Crippen LogP contribution in [0.15, 0.2) is 57.6 Å². The maximum absolute atomic E-state index is 16.8. The average Bonchev–Trinajstić information content (AvgIpc) is 0.977. The highest BCUT2D eigenvalue weighted by atomic mass is 127. The number of thiol groups is 1. The van der Waals surface area contributed by atoms with Crippen LogP contribution in [0.3, 0.4) is 0 Å². The Morgan fingerprint density at radius 3 is 1.78 bits per heavy atom. The quantitative estimate of drug-likeness (QED) is 0.0333. The summed E-state index contributed by atoms with van der Waals surface area (Å²) in [6.45, 7) is 71.8. The Hall–Kier alpha value is -0.646. The van der Waals surface area contributed by atoms with Gasteiger partial charge in [0.15, 0.2) is 58.6 Å². The number of ether oxygens (including phenoxy) is 8. The lowest BCUT2D eigenvalue weighted by atomic mass is 9.77. The zero-order valence-corrected chi connectivity index (χ0v) is 76.6. The molecule has 0 spiro atoms. The van der Waals surface area contributed by atoms with Crippen LogP contribution in [0.25, 0.3) is 0 Å². The summed E-state index contributed by atoms with van der Waals surface area (Å²) in [6.07, 6.45) is 1.67. The van der Waals surface area contributed by atoms with Crippen LogP contribution in [0, 0.1) is 18.8 Å². The highest BCUT2D eigenvalue weighted by Gasteiger charge is 2.60. The predicted octanol–water partition coefficient (Wildman–Crippen LogP) is 19.0. The third kappa shape index (κ3) is 21.7. The van der Waals surface area contributed by atoms with E-state index in [1.54, 1.807) is 13.2 Å². The summed E-state index contributed by atoms with van der Waals surface area (Å²) < 4.78 is 123. The molecule has 4 unspecified atom stereocenters.